The van der Waals surface area contributed by atoms with E-state index >= 15 is 0 Å². The predicted octanol–water partition coefficient (Wildman–Crippen LogP) is 4.86. The Hall–Kier alpha value is -1.47. The number of thiophene rings is 3. The normalized spacial score (nSPS) is 11.0. The van der Waals surface area contributed by atoms with Crippen LogP contribution in [0.3, 0.4) is 0 Å². The first-order chi connectivity index (χ1) is 11.3. The minimum atomic E-state index is -0.248. The van der Waals surface area contributed by atoms with Crippen LogP contribution < -0.4 is 0 Å². The predicted molar refractivity (Wildman–Crippen MR) is 97.2 cm³/mol. The highest BCUT2D eigenvalue weighted by Crippen LogP contribution is 2.23. The van der Waals surface area contributed by atoms with Gasteiger partial charge in [0.2, 0.25) is 0 Å². The lowest BCUT2D eigenvalue weighted by molar-refractivity contribution is 0.0604. The average molecular weight is 364 g/mol. The number of ether oxygens (including phenoxy) is 1. The number of carbonyl (C=O) groups excluding carboxylic acids is 1. The monoisotopic (exact) mass is 363 g/mol. The van der Waals surface area contributed by atoms with E-state index in [1.807, 2.05) is 11.4 Å². The number of esters is 1. The highest BCUT2D eigenvalue weighted by atomic mass is 32.1. The first-order valence-corrected chi connectivity index (χ1v) is 9.82. The van der Waals surface area contributed by atoms with Crippen molar-refractivity contribution >= 4 is 40.0 Å². The molecule has 0 unspecified atom stereocenters. The van der Waals surface area contributed by atoms with Gasteiger partial charge in [-0.2, -0.15) is 0 Å². The molecule has 0 spiro atoms. The molecule has 120 valence electrons. The molecule has 0 aromatic carbocycles. The molecule has 0 atom stereocenters. The van der Waals surface area contributed by atoms with Crippen LogP contribution in [0.25, 0.3) is 0 Å². The molecule has 3 aromatic heterocycles. The van der Waals surface area contributed by atoms with Crippen molar-refractivity contribution in [2.45, 2.75) is 19.6 Å². The molecule has 23 heavy (non-hydrogen) atoms. The summed E-state index contributed by atoms with van der Waals surface area (Å²) in [6.07, 6.45) is 0. The summed E-state index contributed by atoms with van der Waals surface area (Å²) in [5.74, 6) is -0.248. The molecular formula is C17H17NO2S3. The van der Waals surface area contributed by atoms with Gasteiger partial charge in [0.1, 0.15) is 4.88 Å². The van der Waals surface area contributed by atoms with Crippen LogP contribution in [0, 0.1) is 0 Å². The Morgan fingerprint density at radius 2 is 1.61 bits per heavy atom. The van der Waals surface area contributed by atoms with E-state index in [0.29, 0.717) is 4.88 Å². The lowest BCUT2D eigenvalue weighted by Gasteiger charge is -2.21. The fraction of sp³-hybridized carbons (Fsp3) is 0.235. The third kappa shape index (κ3) is 4.29. The van der Waals surface area contributed by atoms with Crippen molar-refractivity contribution in [1.29, 1.82) is 0 Å². The van der Waals surface area contributed by atoms with Crippen LogP contribution in [0.4, 0.5) is 0 Å². The zero-order valence-corrected chi connectivity index (χ0v) is 15.2. The molecule has 0 aliphatic rings. The highest BCUT2D eigenvalue weighted by molar-refractivity contribution is 7.12. The third-order valence-corrected chi connectivity index (χ3v) is 6.09. The Balaban J connectivity index is 1.78. The lowest BCUT2D eigenvalue weighted by atomic mass is 10.2. The summed E-state index contributed by atoms with van der Waals surface area (Å²) in [5, 5.41) is 6.16. The van der Waals surface area contributed by atoms with E-state index < -0.39 is 0 Å². The van der Waals surface area contributed by atoms with E-state index in [1.165, 1.54) is 28.2 Å². The van der Waals surface area contributed by atoms with Crippen LogP contribution in [0.15, 0.2) is 46.5 Å². The third-order valence-electron chi connectivity index (χ3n) is 3.43. The fourth-order valence-electron chi connectivity index (χ4n) is 2.39. The van der Waals surface area contributed by atoms with Crippen LogP contribution in [-0.2, 0) is 24.4 Å². The van der Waals surface area contributed by atoms with Crippen LogP contribution in [0.2, 0.25) is 0 Å². The Labute approximate surface area is 147 Å². The van der Waals surface area contributed by atoms with Gasteiger partial charge in [0.15, 0.2) is 0 Å². The highest BCUT2D eigenvalue weighted by Gasteiger charge is 2.17. The largest absolute Gasteiger partial charge is 0.465 e. The van der Waals surface area contributed by atoms with Crippen LogP contribution in [-0.4, -0.2) is 18.0 Å². The summed E-state index contributed by atoms with van der Waals surface area (Å²) in [5.41, 5.74) is 1.04. The number of hydrogen-bond donors (Lipinski definition) is 0. The first kappa shape index (κ1) is 16.4. The van der Waals surface area contributed by atoms with Gasteiger partial charge in [-0.1, -0.05) is 12.1 Å². The van der Waals surface area contributed by atoms with Crippen molar-refractivity contribution in [3.05, 3.63) is 66.7 Å². The molecule has 0 bridgehead atoms. The average Bonchev–Trinajstić information content (AvgIpc) is 3.28. The molecule has 6 heteroatoms. The molecule has 0 amide bonds. The van der Waals surface area contributed by atoms with Crippen molar-refractivity contribution in [1.82, 2.24) is 4.90 Å². The maximum atomic E-state index is 11.9. The number of rotatable bonds is 7. The second-order valence-electron chi connectivity index (χ2n) is 5.07. The van der Waals surface area contributed by atoms with Crippen molar-refractivity contribution in [3.63, 3.8) is 0 Å². The van der Waals surface area contributed by atoms with Gasteiger partial charge in [-0.25, -0.2) is 4.79 Å². The van der Waals surface area contributed by atoms with Gasteiger partial charge in [0.25, 0.3) is 0 Å². The number of methoxy groups -OCH3 is 1. The lowest BCUT2D eigenvalue weighted by Crippen LogP contribution is -2.22. The summed E-state index contributed by atoms with van der Waals surface area (Å²) in [6.45, 7) is 2.50. The quantitative estimate of drug-likeness (QED) is 0.562. The van der Waals surface area contributed by atoms with Gasteiger partial charge in [-0.05, 0) is 39.9 Å². The molecule has 3 heterocycles. The van der Waals surface area contributed by atoms with Crippen molar-refractivity contribution in [2.75, 3.05) is 7.11 Å². The zero-order chi connectivity index (χ0) is 16.1. The minimum absolute atomic E-state index is 0.248. The smallest absolute Gasteiger partial charge is 0.348 e. The van der Waals surface area contributed by atoms with E-state index in [1.54, 1.807) is 22.7 Å². The Morgan fingerprint density at radius 3 is 2.13 bits per heavy atom. The molecule has 0 aliphatic heterocycles. The Morgan fingerprint density at radius 1 is 0.957 bits per heavy atom. The van der Waals surface area contributed by atoms with E-state index in [-0.39, 0.29) is 5.97 Å². The van der Waals surface area contributed by atoms with Crippen LogP contribution in [0.1, 0.15) is 25.0 Å². The maximum absolute atomic E-state index is 11.9. The van der Waals surface area contributed by atoms with E-state index in [4.69, 9.17) is 4.74 Å². The number of hydrogen-bond acceptors (Lipinski definition) is 6. The molecule has 3 nitrogen and oxygen atoms in total. The second kappa shape index (κ2) is 7.88. The van der Waals surface area contributed by atoms with Crippen molar-refractivity contribution in [3.8, 4) is 0 Å². The molecule has 0 saturated carbocycles. The summed E-state index contributed by atoms with van der Waals surface area (Å²) in [7, 11) is 1.43. The van der Waals surface area contributed by atoms with Gasteiger partial charge in [-0.3, -0.25) is 4.90 Å². The molecule has 0 fully saturated rings. The molecule has 0 N–H and O–H groups in total. The summed E-state index contributed by atoms with van der Waals surface area (Å²) in [4.78, 5) is 17.6. The molecule has 0 radical (unpaired) electrons. The van der Waals surface area contributed by atoms with Crippen molar-refractivity contribution in [2.24, 2.45) is 0 Å². The SMILES string of the molecule is COC(=O)c1sccc1CN(Cc1cccs1)Cc1cccs1. The Bertz CT molecular complexity index is 696. The number of nitrogens with zero attached hydrogens (tertiary/aromatic N) is 1. The molecule has 3 aromatic rings. The van der Waals surface area contributed by atoms with Gasteiger partial charge >= 0.3 is 5.97 Å². The van der Waals surface area contributed by atoms with Gasteiger partial charge < -0.3 is 4.74 Å². The molecule has 3 rings (SSSR count). The van der Waals surface area contributed by atoms with E-state index in [9.17, 15) is 4.79 Å². The summed E-state index contributed by atoms with van der Waals surface area (Å²) in [6, 6.07) is 10.5. The Kier molecular flexibility index (Phi) is 5.61. The topological polar surface area (TPSA) is 29.5 Å². The molecule has 0 saturated heterocycles. The van der Waals surface area contributed by atoms with E-state index in [0.717, 1.165) is 25.2 Å². The zero-order valence-electron chi connectivity index (χ0n) is 12.7. The fourth-order valence-corrected chi connectivity index (χ4v) is 4.71. The number of carbonyl (C=O) groups is 1. The molecular weight excluding hydrogens is 346 g/mol. The second-order valence-corrected chi connectivity index (χ2v) is 8.05. The van der Waals surface area contributed by atoms with Gasteiger partial charge in [-0.15, -0.1) is 34.0 Å². The molecule has 0 aliphatic carbocycles. The maximum Gasteiger partial charge on any atom is 0.348 e. The van der Waals surface area contributed by atoms with Gasteiger partial charge in [0, 0.05) is 29.4 Å². The minimum Gasteiger partial charge on any atom is -0.465 e. The summed E-state index contributed by atoms with van der Waals surface area (Å²) >= 11 is 4.97. The first-order valence-electron chi connectivity index (χ1n) is 7.18. The van der Waals surface area contributed by atoms with E-state index in [2.05, 4.69) is 39.9 Å². The van der Waals surface area contributed by atoms with Crippen molar-refractivity contribution < 1.29 is 9.53 Å². The van der Waals surface area contributed by atoms with Gasteiger partial charge in [0.05, 0.1) is 7.11 Å². The summed E-state index contributed by atoms with van der Waals surface area (Å²) < 4.78 is 4.89. The van der Waals surface area contributed by atoms with Crippen LogP contribution >= 0.6 is 34.0 Å². The standard InChI is InChI=1S/C17H17NO2S3/c1-20-17(19)16-13(6-9-23-16)10-18(11-14-4-2-7-21-14)12-15-5-3-8-22-15/h2-9H,10-12H2,1H3. The van der Waals surface area contributed by atoms with Crippen LogP contribution in [0.5, 0.6) is 0 Å².